The zero-order valence-corrected chi connectivity index (χ0v) is 11.6. The van der Waals surface area contributed by atoms with E-state index in [0.29, 0.717) is 5.56 Å². The number of para-hydroxylation sites is 1. The minimum absolute atomic E-state index is 0.0622. The van der Waals surface area contributed by atoms with Gasteiger partial charge in [-0.05, 0) is 23.8 Å². The molecule has 0 bridgehead atoms. The van der Waals surface area contributed by atoms with E-state index in [1.807, 2.05) is 0 Å². The lowest BCUT2D eigenvalue weighted by Crippen LogP contribution is -2.18. The topological polar surface area (TPSA) is 29.5 Å². The van der Waals surface area contributed by atoms with Gasteiger partial charge in [-0.15, -0.1) is 13.2 Å². The van der Waals surface area contributed by atoms with Crippen molar-refractivity contribution in [3.05, 3.63) is 64.1 Å². The van der Waals surface area contributed by atoms with E-state index in [-0.39, 0.29) is 5.56 Å². The van der Waals surface area contributed by atoms with E-state index in [4.69, 9.17) is 0 Å². The maximum atomic E-state index is 12.3. The smallest absolute Gasteiger partial charge is 0.405 e. The Bertz CT molecular complexity index is 582. The summed E-state index contributed by atoms with van der Waals surface area (Å²) in [5, 5.41) is 10.2. The Morgan fingerprint density at radius 1 is 1.00 bits per heavy atom. The second-order valence-corrected chi connectivity index (χ2v) is 4.96. The molecule has 2 aromatic rings. The quantitative estimate of drug-likeness (QED) is 0.890. The van der Waals surface area contributed by atoms with Crippen LogP contribution < -0.4 is 4.74 Å². The molecule has 1 N–H and O–H groups in total. The van der Waals surface area contributed by atoms with Crippen molar-refractivity contribution in [2.45, 2.75) is 12.5 Å². The van der Waals surface area contributed by atoms with Crippen LogP contribution in [-0.2, 0) is 0 Å². The van der Waals surface area contributed by atoms with Gasteiger partial charge >= 0.3 is 6.36 Å². The van der Waals surface area contributed by atoms with Crippen LogP contribution in [0.4, 0.5) is 13.2 Å². The highest BCUT2D eigenvalue weighted by molar-refractivity contribution is 9.10. The minimum atomic E-state index is -4.80. The van der Waals surface area contributed by atoms with Gasteiger partial charge < -0.3 is 9.84 Å². The van der Waals surface area contributed by atoms with E-state index in [2.05, 4.69) is 20.7 Å². The van der Waals surface area contributed by atoms with Gasteiger partial charge in [0.2, 0.25) is 0 Å². The van der Waals surface area contributed by atoms with Crippen molar-refractivity contribution in [1.29, 1.82) is 0 Å². The minimum Gasteiger partial charge on any atom is -0.405 e. The van der Waals surface area contributed by atoms with Crippen LogP contribution in [0.5, 0.6) is 5.75 Å². The van der Waals surface area contributed by atoms with Crippen LogP contribution in [0, 0.1) is 0 Å². The lowest BCUT2D eigenvalue weighted by Gasteiger charge is -2.17. The summed E-state index contributed by atoms with van der Waals surface area (Å²) in [6.45, 7) is 0. The Morgan fingerprint density at radius 2 is 1.60 bits per heavy atom. The van der Waals surface area contributed by atoms with Crippen LogP contribution in [0.3, 0.4) is 0 Å². The summed E-state index contributed by atoms with van der Waals surface area (Å²) in [6, 6.07) is 12.2. The van der Waals surface area contributed by atoms with Crippen molar-refractivity contribution in [2.75, 3.05) is 0 Å². The van der Waals surface area contributed by atoms with Gasteiger partial charge in [-0.1, -0.05) is 46.3 Å². The number of hydrogen-bond acceptors (Lipinski definition) is 2. The number of alkyl halides is 3. The third kappa shape index (κ3) is 3.74. The zero-order chi connectivity index (χ0) is 14.8. The van der Waals surface area contributed by atoms with Crippen molar-refractivity contribution in [3.63, 3.8) is 0 Å². The third-order valence-electron chi connectivity index (χ3n) is 2.63. The van der Waals surface area contributed by atoms with Gasteiger partial charge in [-0.3, -0.25) is 0 Å². The standard InChI is InChI=1S/C14H10BrF3O2/c15-10-7-5-9(6-8-10)13(19)11-3-1-2-4-12(11)20-14(16,17)18/h1-8,13,19H. The van der Waals surface area contributed by atoms with Crippen molar-refractivity contribution in [1.82, 2.24) is 0 Å². The Morgan fingerprint density at radius 3 is 2.20 bits per heavy atom. The Balaban J connectivity index is 2.34. The Kier molecular flexibility index (Phi) is 4.35. The van der Waals surface area contributed by atoms with Crippen molar-refractivity contribution < 1.29 is 23.0 Å². The predicted molar refractivity (Wildman–Crippen MR) is 71.3 cm³/mol. The van der Waals surface area contributed by atoms with Crippen LogP contribution >= 0.6 is 15.9 Å². The lowest BCUT2D eigenvalue weighted by atomic mass is 10.0. The molecule has 106 valence electrons. The fourth-order valence-corrected chi connectivity index (χ4v) is 2.01. The monoisotopic (exact) mass is 346 g/mol. The van der Waals surface area contributed by atoms with E-state index < -0.39 is 18.2 Å². The summed E-state index contributed by atoms with van der Waals surface area (Å²) in [5.41, 5.74) is 0.540. The molecule has 6 heteroatoms. The number of hydrogen-bond donors (Lipinski definition) is 1. The lowest BCUT2D eigenvalue weighted by molar-refractivity contribution is -0.275. The molecule has 2 nitrogen and oxygen atoms in total. The van der Waals surface area contributed by atoms with Gasteiger partial charge in [-0.2, -0.15) is 0 Å². The number of aliphatic hydroxyl groups excluding tert-OH is 1. The average Bonchev–Trinajstić information content (AvgIpc) is 2.37. The van der Waals surface area contributed by atoms with Gasteiger partial charge in [0.05, 0.1) is 0 Å². The third-order valence-corrected chi connectivity index (χ3v) is 3.15. The molecule has 0 aromatic heterocycles. The number of benzene rings is 2. The van der Waals surface area contributed by atoms with Crippen LogP contribution in [-0.4, -0.2) is 11.5 Å². The fraction of sp³-hybridized carbons (Fsp3) is 0.143. The largest absolute Gasteiger partial charge is 0.573 e. The summed E-state index contributed by atoms with van der Waals surface area (Å²) in [5.74, 6) is -0.407. The molecule has 1 atom stereocenters. The number of aliphatic hydroxyl groups is 1. The first-order valence-electron chi connectivity index (χ1n) is 5.65. The summed E-state index contributed by atoms with van der Waals surface area (Å²) >= 11 is 3.25. The molecule has 0 fully saturated rings. The molecule has 0 aliphatic heterocycles. The molecule has 0 spiro atoms. The van der Waals surface area contributed by atoms with Crippen molar-refractivity contribution >= 4 is 15.9 Å². The summed E-state index contributed by atoms with van der Waals surface area (Å²) in [4.78, 5) is 0. The molecular formula is C14H10BrF3O2. The molecule has 0 radical (unpaired) electrons. The first-order valence-corrected chi connectivity index (χ1v) is 6.44. The van der Waals surface area contributed by atoms with Gasteiger partial charge in [0.1, 0.15) is 11.9 Å². The maximum absolute atomic E-state index is 12.3. The zero-order valence-electron chi connectivity index (χ0n) is 10.1. The van der Waals surface area contributed by atoms with Crippen molar-refractivity contribution in [3.8, 4) is 5.75 Å². The molecule has 1 unspecified atom stereocenters. The normalized spacial score (nSPS) is 13.1. The number of ether oxygens (including phenoxy) is 1. The fourth-order valence-electron chi connectivity index (χ4n) is 1.75. The van der Waals surface area contributed by atoms with Gasteiger partial charge in [0, 0.05) is 10.0 Å². The Labute approximate surface area is 121 Å². The van der Waals surface area contributed by atoms with Crippen LogP contribution in [0.25, 0.3) is 0 Å². The van der Waals surface area contributed by atoms with E-state index in [0.717, 1.165) is 4.47 Å². The van der Waals surface area contributed by atoms with E-state index >= 15 is 0 Å². The molecular weight excluding hydrogens is 337 g/mol. The maximum Gasteiger partial charge on any atom is 0.573 e. The van der Waals surface area contributed by atoms with Crippen LogP contribution in [0.15, 0.2) is 53.0 Å². The molecule has 0 saturated carbocycles. The van der Waals surface area contributed by atoms with Gasteiger partial charge in [-0.25, -0.2) is 0 Å². The van der Waals surface area contributed by atoms with Gasteiger partial charge in [0.15, 0.2) is 0 Å². The highest BCUT2D eigenvalue weighted by Crippen LogP contribution is 2.33. The Hall–Kier alpha value is -1.53. The molecule has 0 saturated heterocycles. The molecule has 0 heterocycles. The number of halogens is 4. The molecule has 0 aliphatic carbocycles. The van der Waals surface area contributed by atoms with Crippen molar-refractivity contribution in [2.24, 2.45) is 0 Å². The highest BCUT2D eigenvalue weighted by atomic mass is 79.9. The summed E-state index contributed by atoms with van der Waals surface area (Å²) in [6.07, 6.45) is -5.99. The molecule has 0 amide bonds. The average molecular weight is 347 g/mol. The molecule has 0 aliphatic rings. The molecule has 2 rings (SSSR count). The first-order chi connectivity index (χ1) is 9.37. The second-order valence-electron chi connectivity index (χ2n) is 4.04. The van der Waals surface area contributed by atoms with E-state index in [9.17, 15) is 18.3 Å². The van der Waals surface area contributed by atoms with E-state index in [1.54, 1.807) is 30.3 Å². The predicted octanol–water partition coefficient (Wildman–Crippen LogP) is 4.43. The SMILES string of the molecule is OC(c1ccc(Br)cc1)c1ccccc1OC(F)(F)F. The summed E-state index contributed by atoms with van der Waals surface area (Å²) in [7, 11) is 0. The molecule has 2 aromatic carbocycles. The van der Waals surface area contributed by atoms with Gasteiger partial charge in [0.25, 0.3) is 0 Å². The second kappa shape index (κ2) is 5.85. The number of rotatable bonds is 3. The molecule has 20 heavy (non-hydrogen) atoms. The first kappa shape index (κ1) is 14.9. The highest BCUT2D eigenvalue weighted by Gasteiger charge is 2.32. The van der Waals surface area contributed by atoms with E-state index in [1.165, 1.54) is 18.2 Å². The van der Waals surface area contributed by atoms with Crippen LogP contribution in [0.1, 0.15) is 17.2 Å². The van der Waals surface area contributed by atoms with Crippen LogP contribution in [0.2, 0.25) is 0 Å². The summed E-state index contributed by atoms with van der Waals surface area (Å²) < 4.78 is 41.7.